The first-order chi connectivity index (χ1) is 7.48. The van der Waals surface area contributed by atoms with Gasteiger partial charge in [0.1, 0.15) is 0 Å². The summed E-state index contributed by atoms with van der Waals surface area (Å²) < 4.78 is 8.82. The topological polar surface area (TPSA) is 90.7 Å². The largest absolute Gasteiger partial charge is 0.332 e. The van der Waals surface area contributed by atoms with Crippen molar-refractivity contribution in [2.75, 3.05) is 0 Å². The summed E-state index contributed by atoms with van der Waals surface area (Å²) >= 11 is 1.24. The first-order valence-electron chi connectivity index (χ1n) is 4.85. The maximum atomic E-state index is 6.02. The van der Waals surface area contributed by atoms with Gasteiger partial charge in [-0.3, -0.25) is 0 Å². The van der Waals surface area contributed by atoms with Gasteiger partial charge in [-0.05, 0) is 16.9 Å². The molecule has 16 heavy (non-hydrogen) atoms. The van der Waals surface area contributed by atoms with Crippen molar-refractivity contribution in [1.82, 2.24) is 19.7 Å². The molecule has 0 spiro atoms. The molecule has 0 saturated carbocycles. The maximum absolute atomic E-state index is 6.02. The Balaban J connectivity index is 2.27. The van der Waals surface area contributed by atoms with E-state index in [4.69, 9.17) is 10.3 Å². The number of aromatic nitrogens is 4. The number of rotatable bonds is 2. The van der Waals surface area contributed by atoms with Crippen LogP contribution in [-0.4, -0.2) is 19.7 Å². The van der Waals surface area contributed by atoms with Crippen LogP contribution in [0.15, 0.2) is 9.90 Å². The van der Waals surface area contributed by atoms with E-state index in [9.17, 15) is 0 Å². The maximum Gasteiger partial charge on any atom is 0.279 e. The van der Waals surface area contributed by atoms with E-state index < -0.39 is 0 Å². The molecular weight excluding hydrogens is 226 g/mol. The first-order valence-corrected chi connectivity index (χ1v) is 5.69. The van der Waals surface area contributed by atoms with Crippen molar-refractivity contribution in [3.63, 3.8) is 0 Å². The summed E-state index contributed by atoms with van der Waals surface area (Å²) in [5, 5.41) is 9.47. The molecule has 86 valence electrons. The molecule has 0 saturated heterocycles. The van der Waals surface area contributed by atoms with Gasteiger partial charge in [0, 0.05) is 5.38 Å². The van der Waals surface area contributed by atoms with Crippen molar-refractivity contribution in [3.8, 4) is 11.6 Å². The lowest BCUT2D eigenvalue weighted by Gasteiger charge is -2.23. The predicted molar refractivity (Wildman–Crippen MR) is 59.6 cm³/mol. The summed E-state index contributed by atoms with van der Waals surface area (Å²) in [5.74, 6) is 0.860. The second-order valence-corrected chi connectivity index (χ2v) is 5.20. The number of hydrogen-bond donors (Lipinski definition) is 1. The molecule has 2 heterocycles. The Morgan fingerprint density at radius 3 is 2.75 bits per heavy atom. The molecule has 0 aliphatic carbocycles. The Kier molecular flexibility index (Phi) is 2.73. The molecule has 1 unspecified atom stereocenters. The van der Waals surface area contributed by atoms with E-state index in [1.165, 1.54) is 11.5 Å². The summed E-state index contributed by atoms with van der Waals surface area (Å²) in [7, 11) is 0. The average Bonchev–Trinajstić information content (AvgIpc) is 2.85. The van der Waals surface area contributed by atoms with Crippen molar-refractivity contribution in [2.45, 2.75) is 26.8 Å². The van der Waals surface area contributed by atoms with Crippen LogP contribution >= 0.6 is 11.5 Å². The van der Waals surface area contributed by atoms with Crippen molar-refractivity contribution in [1.29, 1.82) is 0 Å². The van der Waals surface area contributed by atoms with Crippen LogP contribution in [0.25, 0.3) is 11.6 Å². The SMILES string of the molecule is CC(C)(C)C(N)c1noc(-c2csnn2)n1. The Morgan fingerprint density at radius 1 is 1.44 bits per heavy atom. The Bertz CT molecular complexity index is 458. The van der Waals surface area contributed by atoms with E-state index in [1.807, 2.05) is 20.8 Å². The highest BCUT2D eigenvalue weighted by Gasteiger charge is 2.27. The first kappa shape index (κ1) is 11.2. The molecule has 0 bridgehead atoms. The molecule has 1 atom stereocenters. The van der Waals surface area contributed by atoms with Gasteiger partial charge in [-0.15, -0.1) is 5.10 Å². The molecule has 2 N–H and O–H groups in total. The lowest BCUT2D eigenvalue weighted by molar-refractivity contribution is 0.303. The molecule has 0 aromatic carbocycles. The fourth-order valence-corrected chi connectivity index (χ4v) is 1.54. The normalized spacial score (nSPS) is 14.0. The second kappa shape index (κ2) is 3.91. The number of nitrogens with zero attached hydrogens (tertiary/aromatic N) is 4. The van der Waals surface area contributed by atoms with Gasteiger partial charge in [-0.1, -0.05) is 30.4 Å². The van der Waals surface area contributed by atoms with Crippen LogP contribution in [0.5, 0.6) is 0 Å². The van der Waals surface area contributed by atoms with Crippen LogP contribution in [0, 0.1) is 5.41 Å². The minimum absolute atomic E-state index is 0.110. The highest BCUT2D eigenvalue weighted by molar-refractivity contribution is 7.03. The molecule has 2 aromatic rings. The van der Waals surface area contributed by atoms with Crippen LogP contribution in [0.3, 0.4) is 0 Å². The molecule has 0 radical (unpaired) electrons. The van der Waals surface area contributed by atoms with Gasteiger partial charge in [0.05, 0.1) is 6.04 Å². The van der Waals surface area contributed by atoms with Gasteiger partial charge >= 0.3 is 0 Å². The van der Waals surface area contributed by atoms with Crippen molar-refractivity contribution >= 4 is 11.5 Å². The van der Waals surface area contributed by atoms with Gasteiger partial charge < -0.3 is 10.3 Å². The summed E-state index contributed by atoms with van der Waals surface area (Å²) in [5.41, 5.74) is 6.50. The van der Waals surface area contributed by atoms with E-state index in [-0.39, 0.29) is 11.5 Å². The van der Waals surface area contributed by atoms with E-state index in [0.717, 1.165) is 0 Å². The standard InChI is InChI=1S/C9H13N5OS/c1-9(2,3)6(10)7-11-8(15-13-7)5-4-16-14-12-5/h4,6H,10H2,1-3H3. The smallest absolute Gasteiger partial charge is 0.279 e. The molecule has 0 fully saturated rings. The molecule has 2 rings (SSSR count). The summed E-state index contributed by atoms with van der Waals surface area (Å²) in [6.07, 6.45) is 0. The lowest BCUT2D eigenvalue weighted by atomic mass is 9.87. The van der Waals surface area contributed by atoms with Gasteiger partial charge in [0.2, 0.25) is 0 Å². The third-order valence-corrected chi connectivity index (χ3v) is 2.74. The summed E-state index contributed by atoms with van der Waals surface area (Å²) in [4.78, 5) is 4.22. The monoisotopic (exact) mass is 239 g/mol. The molecule has 0 aliphatic rings. The van der Waals surface area contributed by atoms with Crippen LogP contribution in [0.4, 0.5) is 0 Å². The van der Waals surface area contributed by atoms with Crippen LogP contribution in [0.1, 0.15) is 32.6 Å². The van der Waals surface area contributed by atoms with Gasteiger partial charge in [-0.25, -0.2) is 0 Å². The van der Waals surface area contributed by atoms with E-state index in [2.05, 4.69) is 19.7 Å². The fourth-order valence-electron chi connectivity index (χ4n) is 1.11. The zero-order valence-corrected chi connectivity index (χ0v) is 10.2. The molecule has 2 aromatic heterocycles. The number of hydrogen-bond acceptors (Lipinski definition) is 7. The van der Waals surface area contributed by atoms with Crippen molar-refractivity contribution < 1.29 is 4.52 Å². The second-order valence-electron chi connectivity index (χ2n) is 4.59. The van der Waals surface area contributed by atoms with Gasteiger partial charge in [-0.2, -0.15) is 4.98 Å². The van der Waals surface area contributed by atoms with E-state index in [0.29, 0.717) is 17.4 Å². The minimum atomic E-state index is -0.267. The molecule has 0 aliphatic heterocycles. The van der Waals surface area contributed by atoms with Crippen molar-refractivity contribution in [3.05, 3.63) is 11.2 Å². The molecule has 0 amide bonds. The zero-order valence-electron chi connectivity index (χ0n) is 9.34. The lowest BCUT2D eigenvalue weighted by Crippen LogP contribution is -2.27. The van der Waals surface area contributed by atoms with Crippen LogP contribution in [0.2, 0.25) is 0 Å². The van der Waals surface area contributed by atoms with Crippen molar-refractivity contribution in [2.24, 2.45) is 11.1 Å². The predicted octanol–water partition coefficient (Wildman–Crippen LogP) is 1.63. The van der Waals surface area contributed by atoms with Crippen LogP contribution < -0.4 is 5.73 Å². The average molecular weight is 239 g/mol. The third-order valence-electron chi connectivity index (χ3n) is 2.23. The van der Waals surface area contributed by atoms with E-state index in [1.54, 1.807) is 5.38 Å². The minimum Gasteiger partial charge on any atom is -0.332 e. The van der Waals surface area contributed by atoms with Gasteiger partial charge in [0.15, 0.2) is 11.5 Å². The van der Waals surface area contributed by atoms with Crippen LogP contribution in [-0.2, 0) is 0 Å². The number of nitrogens with two attached hydrogens (primary N) is 1. The zero-order chi connectivity index (χ0) is 11.8. The van der Waals surface area contributed by atoms with E-state index >= 15 is 0 Å². The highest BCUT2D eigenvalue weighted by Crippen LogP contribution is 2.29. The Hall–Kier alpha value is -1.34. The Labute approximate surface area is 97.0 Å². The highest BCUT2D eigenvalue weighted by atomic mass is 32.1. The third kappa shape index (κ3) is 2.10. The fraction of sp³-hybridized carbons (Fsp3) is 0.556. The molecule has 6 nitrogen and oxygen atoms in total. The molecular formula is C9H13N5OS. The molecule has 7 heteroatoms. The Morgan fingerprint density at radius 2 is 2.19 bits per heavy atom. The summed E-state index contributed by atoms with van der Waals surface area (Å²) in [6, 6.07) is -0.267. The quantitative estimate of drug-likeness (QED) is 0.856. The summed E-state index contributed by atoms with van der Waals surface area (Å²) in [6.45, 7) is 6.08. The van der Waals surface area contributed by atoms with Gasteiger partial charge in [0.25, 0.3) is 5.89 Å².